The number of aldehydes is 1. The van der Waals surface area contributed by atoms with Crippen LogP contribution in [0, 0.1) is 23.0 Å². The summed E-state index contributed by atoms with van der Waals surface area (Å²) in [5.74, 6) is -7.05. The van der Waals surface area contributed by atoms with Gasteiger partial charge in [0, 0.05) is 56.0 Å². The molecule has 0 spiro atoms. The van der Waals surface area contributed by atoms with E-state index >= 15 is 4.79 Å². The Balaban J connectivity index is 1.69. The van der Waals surface area contributed by atoms with Crippen molar-refractivity contribution >= 4 is 64.2 Å². The molecule has 0 aliphatic carbocycles. The van der Waals surface area contributed by atoms with Crippen molar-refractivity contribution in [2.45, 2.75) is 155 Å². The fraction of sp³-hybridized carbons (Fsp3) is 0.556. The van der Waals surface area contributed by atoms with Gasteiger partial charge in [-0.1, -0.05) is 71.0 Å². The molecule has 2 aliphatic heterocycles. The lowest BCUT2D eigenvalue weighted by Crippen LogP contribution is -2.99. The predicted molar refractivity (Wildman–Crippen MR) is 279 cm³/mol. The van der Waals surface area contributed by atoms with E-state index in [1.54, 1.807) is 26.0 Å². The number of ether oxygens (including phenoxy) is 1. The highest BCUT2D eigenvalue weighted by Gasteiger charge is 2.43. The molecule has 0 radical (unpaired) electrons. The molecule has 2 fully saturated rings. The molecule has 21 heteroatoms. The van der Waals surface area contributed by atoms with Crippen LogP contribution in [0.15, 0.2) is 60.8 Å². The number of phenolic OH excluding ortho intramolecular Hbond substituents is 1. The second kappa shape index (κ2) is 25.7. The quantitative estimate of drug-likeness (QED) is 0.0337. The number of phenols is 1. The van der Waals surface area contributed by atoms with Gasteiger partial charge in [0.1, 0.15) is 54.7 Å². The Morgan fingerprint density at radius 1 is 0.760 bits per heavy atom. The minimum Gasteiger partial charge on any atom is -0.595 e. The largest absolute Gasteiger partial charge is 0.595 e. The van der Waals surface area contributed by atoms with Crippen molar-refractivity contribution in [3.63, 3.8) is 0 Å². The minimum absolute atomic E-state index is 0.0214. The Morgan fingerprint density at radius 3 is 1.92 bits per heavy atom. The maximum Gasteiger partial charge on any atom is 0.245 e. The van der Waals surface area contributed by atoms with Gasteiger partial charge in [-0.15, -0.1) is 0 Å². The van der Waals surface area contributed by atoms with Gasteiger partial charge in [-0.25, -0.2) is 5.21 Å². The first-order valence-electron chi connectivity index (χ1n) is 25.7. The number of quaternary nitrogens is 1. The molecule has 3 aromatic rings. The predicted octanol–water partition coefficient (Wildman–Crippen LogP) is 2.06. The van der Waals surface area contributed by atoms with E-state index in [9.17, 15) is 49.1 Å². The van der Waals surface area contributed by atoms with Crippen LogP contribution in [0.2, 0.25) is 0 Å². The number of hydrogen-bond acceptors (Lipinski definition) is 12. The van der Waals surface area contributed by atoms with Gasteiger partial charge in [0.25, 0.3) is 0 Å². The number of fused-ring (bicyclic) bond motifs is 1. The van der Waals surface area contributed by atoms with Crippen molar-refractivity contribution in [2.24, 2.45) is 17.8 Å². The average Bonchev–Trinajstić information content (AvgIpc) is 4.16. The third-order valence-electron chi connectivity index (χ3n) is 14.0. The molecule has 2 saturated heterocycles. The second-order valence-corrected chi connectivity index (χ2v) is 21.4. The highest BCUT2D eigenvalue weighted by atomic mass is 16.8. The highest BCUT2D eigenvalue weighted by molar-refractivity contribution is 5.99. The van der Waals surface area contributed by atoms with Crippen molar-refractivity contribution in [1.29, 1.82) is 0 Å². The molecule has 3 heterocycles. The molecule has 410 valence electrons. The van der Waals surface area contributed by atoms with Crippen molar-refractivity contribution in [3.8, 4) is 5.75 Å². The zero-order valence-electron chi connectivity index (χ0n) is 45.0. The molecule has 2 aliphatic rings. The Labute approximate surface area is 438 Å². The number of allylic oxidation sites excluding steroid dienone is 1. The SMILES string of the molecule is C/C=C/C[C@@H]1NC(=O)[C@H](CC(C)C)NC(=O)[C@H](CC(C)C=O)N(C)C(=O)[C@H](C)NC(=O)[C@H](Cc2ccc(O)c([NH+]([O-])O)c2)NC(=O)[C@H](CC(C)C)N(C)C(=O)[C@H](Cc2cn(C(C)(C)C3CO3)c3ccccc23)NC1=O. The van der Waals surface area contributed by atoms with Gasteiger partial charge in [-0.2, -0.15) is 5.23 Å². The van der Waals surface area contributed by atoms with Crippen molar-refractivity contribution in [1.82, 2.24) is 41.0 Å². The summed E-state index contributed by atoms with van der Waals surface area (Å²) < 4.78 is 7.83. The minimum atomic E-state index is -1.52. The van der Waals surface area contributed by atoms with Crippen LogP contribution in [-0.2, 0) is 61.5 Å². The monoisotopic (exact) mass is 1040 g/mol. The van der Waals surface area contributed by atoms with Crippen LogP contribution < -0.4 is 31.8 Å². The fourth-order valence-corrected chi connectivity index (χ4v) is 9.50. The summed E-state index contributed by atoms with van der Waals surface area (Å²) in [5, 5.41) is 45.5. The van der Waals surface area contributed by atoms with E-state index < -0.39 is 112 Å². The molecule has 7 amide bonds. The summed E-state index contributed by atoms with van der Waals surface area (Å²) in [5.41, 5.74) is 0.780. The van der Waals surface area contributed by atoms with E-state index in [1.165, 1.54) is 32.0 Å². The standard InChI is InChI=1S/C54H77N9O12/c1-12-13-17-37-47(66)59-40(26-35-27-62(54(8,9)46-29-75-46)41-18-15-14-16-36(35)41)53(72)61(11)43(22-31(4)5)50(69)58-39(24-34-19-20-45(65)42(25-34)63(73)74)48(67)55-33(7)52(71)60(10)44(23-32(6)28-64)51(70)57-38(21-30(2)3)49(68)56-37/h12-16,18-20,25,27-28,30-33,37-40,43-44,46,63,65,73H,17,21-24,26,29H2,1-11H3,(H,55,67)(H,56,68)(H,57,70)(H,58,69)(H,59,66)/b13-12+/t32?,33-,37-,38-,39-,40-,43-,44-,46?/m0/s1. The van der Waals surface area contributed by atoms with E-state index in [0.717, 1.165) is 27.9 Å². The molecule has 8 N–H and O–H groups in total. The lowest BCUT2D eigenvalue weighted by Gasteiger charge is -2.33. The van der Waals surface area contributed by atoms with Gasteiger partial charge in [-0.3, -0.25) is 33.6 Å². The van der Waals surface area contributed by atoms with Crippen molar-refractivity contribution < 1.29 is 58.6 Å². The number of rotatable bonds is 16. The first-order chi connectivity index (χ1) is 35.3. The highest BCUT2D eigenvalue weighted by Crippen LogP contribution is 2.36. The number of nitrogens with one attached hydrogen (secondary N) is 6. The van der Waals surface area contributed by atoms with Crippen LogP contribution in [0.4, 0.5) is 5.69 Å². The van der Waals surface area contributed by atoms with Gasteiger partial charge in [-0.05, 0) is 88.5 Å². The van der Waals surface area contributed by atoms with Gasteiger partial charge >= 0.3 is 0 Å². The van der Waals surface area contributed by atoms with Crippen molar-refractivity contribution in [3.05, 3.63) is 77.1 Å². The number of aromatic nitrogens is 1. The molecule has 10 atom stereocenters. The first kappa shape index (κ1) is 59.2. The summed E-state index contributed by atoms with van der Waals surface area (Å²) in [6, 6.07) is 1.90. The van der Waals surface area contributed by atoms with Crippen LogP contribution in [0.1, 0.15) is 99.1 Å². The Bertz CT molecular complexity index is 2590. The molecule has 0 saturated carbocycles. The summed E-state index contributed by atoms with van der Waals surface area (Å²) in [6.07, 6.45) is 5.40. The molecule has 1 aromatic heterocycles. The summed E-state index contributed by atoms with van der Waals surface area (Å²) in [4.78, 5) is 117. The average molecular weight is 1040 g/mol. The first-order valence-corrected chi connectivity index (χ1v) is 25.7. The topological polar surface area (TPSA) is 289 Å². The van der Waals surface area contributed by atoms with Crippen molar-refractivity contribution in [2.75, 3.05) is 20.7 Å². The van der Waals surface area contributed by atoms with Crippen LogP contribution in [-0.4, -0.2) is 141 Å². The number of nitrogens with zero attached hydrogens (tertiary/aromatic N) is 3. The number of hydrogen-bond donors (Lipinski definition) is 8. The van der Waals surface area contributed by atoms with E-state index in [-0.39, 0.29) is 62.0 Å². The number of aromatic hydroxyl groups is 1. The number of carbonyl (C=O) groups is 8. The Kier molecular flexibility index (Phi) is 20.3. The molecule has 0 bridgehead atoms. The number of para-hydroxylation sites is 1. The lowest BCUT2D eigenvalue weighted by atomic mass is 9.98. The molecule has 3 unspecified atom stereocenters. The fourth-order valence-electron chi connectivity index (χ4n) is 9.50. The molecule has 2 aromatic carbocycles. The van der Waals surface area contributed by atoms with E-state index in [4.69, 9.17) is 4.74 Å². The van der Waals surface area contributed by atoms with E-state index in [2.05, 4.69) is 31.2 Å². The van der Waals surface area contributed by atoms with Gasteiger partial charge in [0.05, 0.1) is 12.1 Å². The Morgan fingerprint density at radius 2 is 1.32 bits per heavy atom. The summed E-state index contributed by atoms with van der Waals surface area (Å²) >= 11 is 0. The number of benzene rings is 2. The molecule has 75 heavy (non-hydrogen) atoms. The third kappa shape index (κ3) is 15.0. The number of amides is 7. The normalized spacial score (nSPS) is 25.1. The number of carbonyl (C=O) groups excluding carboxylic acids is 8. The molecular weight excluding hydrogens is 967 g/mol. The maximum absolute atomic E-state index is 15.3. The summed E-state index contributed by atoms with van der Waals surface area (Å²) in [7, 11) is 2.74. The second-order valence-electron chi connectivity index (χ2n) is 21.4. The van der Waals surface area contributed by atoms with Gasteiger partial charge in [0.15, 0.2) is 5.75 Å². The van der Waals surface area contributed by atoms with Crippen LogP contribution in [0.25, 0.3) is 10.9 Å². The van der Waals surface area contributed by atoms with Gasteiger partial charge in [0.2, 0.25) is 47.0 Å². The molecule has 21 nitrogen and oxygen atoms in total. The van der Waals surface area contributed by atoms with E-state index in [1.807, 2.05) is 72.0 Å². The number of likely N-dealkylation sites (N-methyl/N-ethyl adjacent to an activating group) is 2. The number of epoxide rings is 1. The third-order valence-corrected chi connectivity index (χ3v) is 14.0. The smallest absolute Gasteiger partial charge is 0.245 e. The lowest BCUT2D eigenvalue weighted by molar-refractivity contribution is -0.991. The summed E-state index contributed by atoms with van der Waals surface area (Å²) in [6.45, 7) is 16.7. The van der Waals surface area contributed by atoms with Gasteiger partial charge < -0.3 is 60.8 Å². The van der Waals surface area contributed by atoms with E-state index in [0.29, 0.717) is 18.5 Å². The molecule has 5 rings (SSSR count). The van der Waals surface area contributed by atoms with Crippen LogP contribution in [0.3, 0.4) is 0 Å². The van der Waals surface area contributed by atoms with Crippen LogP contribution >= 0.6 is 0 Å². The zero-order valence-corrected chi connectivity index (χ0v) is 45.0. The zero-order chi connectivity index (χ0) is 55.6. The Hall–Kier alpha value is -6.68. The van der Waals surface area contributed by atoms with Crippen LogP contribution in [0.5, 0.6) is 5.75 Å². The molecular formula is C54H77N9O12. The maximum atomic E-state index is 15.3.